The lowest BCUT2D eigenvalue weighted by atomic mass is 10.1. The van der Waals surface area contributed by atoms with Crippen molar-refractivity contribution in [3.63, 3.8) is 0 Å². The lowest BCUT2D eigenvalue weighted by molar-refractivity contribution is 0.499. The number of anilines is 1. The van der Waals surface area contributed by atoms with Crippen LogP contribution in [0.4, 0.5) is 5.82 Å². The van der Waals surface area contributed by atoms with Gasteiger partial charge in [0.1, 0.15) is 11.6 Å². The molecule has 0 aliphatic carbocycles. The van der Waals surface area contributed by atoms with Crippen molar-refractivity contribution in [3.8, 4) is 0 Å². The molecule has 0 radical (unpaired) electrons. The molecule has 0 amide bonds. The standard InChI is InChI=1S/C16H22N4S/c1-3-21-13-4-5-14-15(10-13)18-11(2)19-16(14)20-8-6-12(17)7-9-20/h4-5,10,12H,3,6-9,17H2,1-2H3. The van der Waals surface area contributed by atoms with Crippen molar-refractivity contribution >= 4 is 28.5 Å². The number of nitrogens with two attached hydrogens (primary N) is 1. The van der Waals surface area contributed by atoms with Gasteiger partial charge in [0.15, 0.2) is 0 Å². The smallest absolute Gasteiger partial charge is 0.140 e. The normalized spacial score (nSPS) is 16.6. The average Bonchev–Trinajstić information content (AvgIpc) is 2.47. The largest absolute Gasteiger partial charge is 0.356 e. The summed E-state index contributed by atoms with van der Waals surface area (Å²) in [6.45, 7) is 6.11. The van der Waals surface area contributed by atoms with Gasteiger partial charge in [-0.05, 0) is 43.7 Å². The van der Waals surface area contributed by atoms with E-state index in [0.717, 1.165) is 54.2 Å². The number of aromatic nitrogens is 2. The second kappa shape index (κ2) is 6.20. The van der Waals surface area contributed by atoms with E-state index in [2.05, 4.69) is 35.0 Å². The summed E-state index contributed by atoms with van der Waals surface area (Å²) in [5.41, 5.74) is 7.06. The van der Waals surface area contributed by atoms with E-state index >= 15 is 0 Å². The van der Waals surface area contributed by atoms with Gasteiger partial charge in [-0.3, -0.25) is 0 Å². The Bertz CT molecular complexity index is 635. The lowest BCUT2D eigenvalue weighted by Crippen LogP contribution is -2.40. The molecule has 1 saturated heterocycles. The first-order chi connectivity index (χ1) is 10.2. The van der Waals surface area contributed by atoms with E-state index in [1.165, 1.54) is 4.90 Å². The number of benzene rings is 1. The van der Waals surface area contributed by atoms with Gasteiger partial charge in [-0.15, -0.1) is 11.8 Å². The van der Waals surface area contributed by atoms with Gasteiger partial charge in [0.05, 0.1) is 5.52 Å². The molecule has 0 atom stereocenters. The highest BCUT2D eigenvalue weighted by molar-refractivity contribution is 7.99. The molecule has 2 N–H and O–H groups in total. The molecule has 1 aromatic carbocycles. The van der Waals surface area contributed by atoms with Gasteiger partial charge in [0.2, 0.25) is 0 Å². The summed E-state index contributed by atoms with van der Waals surface area (Å²) in [5.74, 6) is 2.98. The molecule has 1 fully saturated rings. The number of aryl methyl sites for hydroxylation is 1. The van der Waals surface area contributed by atoms with Crippen molar-refractivity contribution in [1.29, 1.82) is 0 Å². The minimum Gasteiger partial charge on any atom is -0.356 e. The zero-order chi connectivity index (χ0) is 14.8. The molecule has 0 unspecified atom stereocenters. The Balaban J connectivity index is 2.01. The van der Waals surface area contributed by atoms with Crippen LogP contribution in [0.1, 0.15) is 25.6 Å². The number of thioether (sulfide) groups is 1. The minimum atomic E-state index is 0.336. The molecule has 1 aliphatic heterocycles. The third-order valence-corrected chi connectivity index (χ3v) is 4.79. The summed E-state index contributed by atoms with van der Waals surface area (Å²) in [5, 5.41) is 1.15. The van der Waals surface area contributed by atoms with Crippen molar-refractivity contribution in [2.24, 2.45) is 5.73 Å². The highest BCUT2D eigenvalue weighted by Gasteiger charge is 2.20. The van der Waals surface area contributed by atoms with Crippen molar-refractivity contribution in [1.82, 2.24) is 9.97 Å². The second-order valence-corrected chi connectivity index (χ2v) is 6.87. The van der Waals surface area contributed by atoms with Crippen molar-refractivity contribution in [3.05, 3.63) is 24.0 Å². The maximum absolute atomic E-state index is 6.01. The van der Waals surface area contributed by atoms with Crippen LogP contribution in [0, 0.1) is 6.92 Å². The molecular weight excluding hydrogens is 280 g/mol. The lowest BCUT2D eigenvalue weighted by Gasteiger charge is -2.31. The van der Waals surface area contributed by atoms with Crippen LogP contribution < -0.4 is 10.6 Å². The first kappa shape index (κ1) is 14.6. The Kier molecular flexibility index (Phi) is 4.31. The topological polar surface area (TPSA) is 55.0 Å². The Morgan fingerprint density at radius 2 is 2.05 bits per heavy atom. The van der Waals surface area contributed by atoms with Crippen LogP contribution >= 0.6 is 11.8 Å². The molecule has 0 spiro atoms. The number of hydrogen-bond acceptors (Lipinski definition) is 5. The van der Waals surface area contributed by atoms with Crippen LogP contribution in [-0.4, -0.2) is 34.9 Å². The molecule has 2 aromatic rings. The average molecular weight is 302 g/mol. The van der Waals surface area contributed by atoms with Gasteiger partial charge in [-0.2, -0.15) is 0 Å². The molecule has 1 aromatic heterocycles. The van der Waals surface area contributed by atoms with Crippen molar-refractivity contribution in [2.75, 3.05) is 23.7 Å². The molecule has 21 heavy (non-hydrogen) atoms. The molecule has 1 aliphatic rings. The van der Waals surface area contributed by atoms with Crippen LogP contribution in [0.15, 0.2) is 23.1 Å². The fourth-order valence-corrected chi connectivity index (χ4v) is 3.51. The molecular formula is C16H22N4S. The summed E-state index contributed by atoms with van der Waals surface area (Å²) in [7, 11) is 0. The zero-order valence-corrected chi connectivity index (χ0v) is 13.5. The minimum absolute atomic E-state index is 0.336. The van der Waals surface area contributed by atoms with Gasteiger partial charge >= 0.3 is 0 Å². The number of rotatable bonds is 3. The number of piperidine rings is 1. The van der Waals surface area contributed by atoms with Crippen LogP contribution in [0.3, 0.4) is 0 Å². The monoisotopic (exact) mass is 302 g/mol. The number of hydrogen-bond donors (Lipinski definition) is 1. The zero-order valence-electron chi connectivity index (χ0n) is 12.7. The maximum Gasteiger partial charge on any atom is 0.140 e. The van der Waals surface area contributed by atoms with Crippen molar-refractivity contribution < 1.29 is 0 Å². The first-order valence-electron chi connectivity index (χ1n) is 7.59. The van der Waals surface area contributed by atoms with Gasteiger partial charge in [-0.25, -0.2) is 9.97 Å². The summed E-state index contributed by atoms with van der Waals surface area (Å²) < 4.78 is 0. The van der Waals surface area contributed by atoms with E-state index in [1.54, 1.807) is 0 Å². The Morgan fingerprint density at radius 3 is 2.76 bits per heavy atom. The predicted octanol–water partition coefficient (Wildman–Crippen LogP) is 2.98. The molecule has 2 heterocycles. The number of fused-ring (bicyclic) bond motifs is 1. The van der Waals surface area contributed by atoms with Gasteiger partial charge in [-0.1, -0.05) is 6.92 Å². The molecule has 4 nitrogen and oxygen atoms in total. The van der Waals surface area contributed by atoms with E-state index in [0.29, 0.717) is 6.04 Å². The van der Waals surface area contributed by atoms with Crippen LogP contribution in [-0.2, 0) is 0 Å². The molecule has 0 bridgehead atoms. The molecule has 0 saturated carbocycles. The van der Waals surface area contributed by atoms with Gasteiger partial charge in [0.25, 0.3) is 0 Å². The Morgan fingerprint density at radius 1 is 1.29 bits per heavy atom. The summed E-state index contributed by atoms with van der Waals surface area (Å²) in [6, 6.07) is 6.85. The SMILES string of the molecule is CCSc1ccc2c(N3CCC(N)CC3)nc(C)nc2c1. The maximum atomic E-state index is 6.01. The van der Waals surface area contributed by atoms with Gasteiger partial charge in [0, 0.05) is 29.4 Å². The summed E-state index contributed by atoms with van der Waals surface area (Å²) in [6.07, 6.45) is 2.07. The van der Waals surface area contributed by atoms with E-state index in [-0.39, 0.29) is 0 Å². The third-order valence-electron chi connectivity index (χ3n) is 3.91. The number of nitrogens with zero attached hydrogens (tertiary/aromatic N) is 3. The molecule has 5 heteroatoms. The predicted molar refractivity (Wildman–Crippen MR) is 90.1 cm³/mol. The highest BCUT2D eigenvalue weighted by Crippen LogP contribution is 2.29. The van der Waals surface area contributed by atoms with Crippen LogP contribution in [0.5, 0.6) is 0 Å². The van der Waals surface area contributed by atoms with E-state index < -0.39 is 0 Å². The van der Waals surface area contributed by atoms with Crippen molar-refractivity contribution in [2.45, 2.75) is 37.6 Å². The quantitative estimate of drug-likeness (QED) is 0.883. The fraction of sp³-hybridized carbons (Fsp3) is 0.500. The van der Waals surface area contributed by atoms with E-state index in [1.807, 2.05) is 18.7 Å². The molecule has 112 valence electrons. The fourth-order valence-electron chi connectivity index (χ4n) is 2.81. The summed E-state index contributed by atoms with van der Waals surface area (Å²) in [4.78, 5) is 12.9. The Hall–Kier alpha value is -1.33. The highest BCUT2D eigenvalue weighted by atomic mass is 32.2. The third kappa shape index (κ3) is 3.14. The van der Waals surface area contributed by atoms with Crippen LogP contribution in [0.25, 0.3) is 10.9 Å². The Labute approximate surface area is 130 Å². The van der Waals surface area contributed by atoms with E-state index in [9.17, 15) is 0 Å². The summed E-state index contributed by atoms with van der Waals surface area (Å²) >= 11 is 1.85. The van der Waals surface area contributed by atoms with E-state index in [4.69, 9.17) is 10.7 Å². The van der Waals surface area contributed by atoms with Crippen LogP contribution in [0.2, 0.25) is 0 Å². The first-order valence-corrected chi connectivity index (χ1v) is 8.57. The molecule has 3 rings (SSSR count). The van der Waals surface area contributed by atoms with Gasteiger partial charge < -0.3 is 10.6 Å². The second-order valence-electron chi connectivity index (χ2n) is 5.53.